The number of hydrogen-bond donors (Lipinski definition) is 0. The van der Waals surface area contributed by atoms with Crippen molar-refractivity contribution in [3.8, 4) is 5.75 Å². The largest absolute Gasteiger partial charge is 0.495 e. The number of aryl methyl sites for hydroxylation is 1. The summed E-state index contributed by atoms with van der Waals surface area (Å²) in [5.74, 6) is 0.812. The third-order valence-electron chi connectivity index (χ3n) is 1.34. The van der Waals surface area contributed by atoms with Crippen molar-refractivity contribution in [2.24, 2.45) is 0 Å². The molecule has 0 aliphatic carbocycles. The highest BCUT2D eigenvalue weighted by Crippen LogP contribution is 2.14. The van der Waals surface area contributed by atoms with Gasteiger partial charge in [-0.2, -0.15) is 0 Å². The Hall–Kier alpha value is -1.05. The van der Waals surface area contributed by atoms with Gasteiger partial charge in [-0.15, -0.1) is 0 Å². The molecule has 0 saturated heterocycles. The second-order valence-corrected chi connectivity index (χ2v) is 2.15. The molecule has 0 fully saturated rings. The van der Waals surface area contributed by atoms with Crippen molar-refractivity contribution in [1.82, 2.24) is 4.98 Å². The molecule has 10 heavy (non-hydrogen) atoms. The molecule has 1 aromatic heterocycles. The Labute approximate surface area is 60.9 Å². The zero-order chi connectivity index (χ0) is 7.56. The fraction of sp³-hybridized carbons (Fsp3) is 0.250. The standard InChI is InChI=1S/C8H10NO/c1-6-4-7(2)9-5-8(6)10-3/h4-5H,2H2,1,3H3. The molecule has 0 aliphatic heterocycles. The third kappa shape index (κ3) is 1.26. The van der Waals surface area contributed by atoms with E-state index in [4.69, 9.17) is 4.74 Å². The Morgan fingerprint density at radius 2 is 2.30 bits per heavy atom. The van der Waals surface area contributed by atoms with Crippen molar-refractivity contribution in [2.45, 2.75) is 6.92 Å². The van der Waals surface area contributed by atoms with Crippen LogP contribution in [0.15, 0.2) is 12.3 Å². The van der Waals surface area contributed by atoms with Gasteiger partial charge in [-0.25, -0.2) is 0 Å². The molecule has 1 heterocycles. The number of ether oxygens (including phenoxy) is 1. The van der Waals surface area contributed by atoms with Gasteiger partial charge in [0.15, 0.2) is 0 Å². The second kappa shape index (κ2) is 2.69. The van der Waals surface area contributed by atoms with Crippen molar-refractivity contribution in [2.75, 3.05) is 7.11 Å². The molecule has 0 amide bonds. The van der Waals surface area contributed by atoms with E-state index in [9.17, 15) is 0 Å². The van der Waals surface area contributed by atoms with Crippen LogP contribution in [0.4, 0.5) is 0 Å². The topological polar surface area (TPSA) is 22.1 Å². The molecule has 1 aromatic rings. The second-order valence-electron chi connectivity index (χ2n) is 2.15. The van der Waals surface area contributed by atoms with Gasteiger partial charge in [-0.3, -0.25) is 4.98 Å². The average Bonchev–Trinajstić information content (AvgIpc) is 1.88. The lowest BCUT2D eigenvalue weighted by atomic mass is 10.2. The van der Waals surface area contributed by atoms with E-state index >= 15 is 0 Å². The number of methoxy groups -OCH3 is 1. The summed E-state index contributed by atoms with van der Waals surface area (Å²) in [5.41, 5.74) is 1.85. The summed E-state index contributed by atoms with van der Waals surface area (Å²) in [7, 11) is 1.63. The smallest absolute Gasteiger partial charge is 0.140 e. The normalized spacial score (nSPS) is 9.50. The van der Waals surface area contributed by atoms with Crippen molar-refractivity contribution in [1.29, 1.82) is 0 Å². The molecular weight excluding hydrogens is 126 g/mol. The maximum absolute atomic E-state index is 5.01. The lowest BCUT2D eigenvalue weighted by Crippen LogP contribution is -1.89. The van der Waals surface area contributed by atoms with E-state index in [1.807, 2.05) is 13.0 Å². The van der Waals surface area contributed by atoms with Crippen molar-refractivity contribution in [3.63, 3.8) is 0 Å². The quantitative estimate of drug-likeness (QED) is 0.584. The monoisotopic (exact) mass is 136 g/mol. The Balaban J connectivity index is 3.07. The highest BCUT2D eigenvalue weighted by atomic mass is 16.5. The summed E-state index contributed by atoms with van der Waals surface area (Å²) < 4.78 is 5.01. The lowest BCUT2D eigenvalue weighted by molar-refractivity contribution is 0.409. The summed E-state index contributed by atoms with van der Waals surface area (Å²) >= 11 is 0. The first-order valence-corrected chi connectivity index (χ1v) is 3.06. The Morgan fingerprint density at radius 1 is 1.60 bits per heavy atom. The molecule has 53 valence electrons. The van der Waals surface area contributed by atoms with E-state index in [2.05, 4.69) is 11.9 Å². The Morgan fingerprint density at radius 3 is 2.80 bits per heavy atom. The summed E-state index contributed by atoms with van der Waals surface area (Å²) in [5, 5.41) is 0. The van der Waals surface area contributed by atoms with Gasteiger partial charge in [0.05, 0.1) is 13.3 Å². The molecule has 0 saturated carbocycles. The predicted molar refractivity (Wildman–Crippen MR) is 40.0 cm³/mol. The van der Waals surface area contributed by atoms with Gasteiger partial charge >= 0.3 is 0 Å². The van der Waals surface area contributed by atoms with Gasteiger partial charge in [0.25, 0.3) is 0 Å². The minimum Gasteiger partial charge on any atom is -0.495 e. The highest BCUT2D eigenvalue weighted by molar-refractivity contribution is 5.31. The predicted octanol–water partition coefficient (Wildman–Crippen LogP) is 1.58. The van der Waals surface area contributed by atoms with Crippen molar-refractivity contribution >= 4 is 0 Å². The molecule has 0 aromatic carbocycles. The van der Waals surface area contributed by atoms with Crippen LogP contribution in [0.2, 0.25) is 0 Å². The maximum atomic E-state index is 5.01. The molecule has 0 bridgehead atoms. The number of hydrogen-bond acceptors (Lipinski definition) is 2. The van der Waals surface area contributed by atoms with Crippen LogP contribution in [0.5, 0.6) is 5.75 Å². The summed E-state index contributed by atoms with van der Waals surface area (Å²) in [6.45, 7) is 5.66. The molecule has 0 spiro atoms. The lowest BCUT2D eigenvalue weighted by Gasteiger charge is -2.02. The molecule has 0 unspecified atom stereocenters. The van der Waals surface area contributed by atoms with Gasteiger partial charge in [0, 0.05) is 5.69 Å². The van der Waals surface area contributed by atoms with Gasteiger partial charge in [-0.1, -0.05) is 0 Å². The van der Waals surface area contributed by atoms with E-state index in [1.165, 1.54) is 0 Å². The molecular formula is C8H10NO. The molecule has 0 N–H and O–H groups in total. The van der Waals surface area contributed by atoms with Crippen LogP contribution in [-0.2, 0) is 0 Å². The van der Waals surface area contributed by atoms with Crippen LogP contribution in [0.1, 0.15) is 11.3 Å². The molecule has 1 radical (unpaired) electrons. The fourth-order valence-electron chi connectivity index (χ4n) is 0.815. The summed E-state index contributed by atoms with van der Waals surface area (Å²) in [6, 6.07) is 1.89. The van der Waals surface area contributed by atoms with Crippen LogP contribution in [0, 0.1) is 13.8 Å². The Kier molecular flexibility index (Phi) is 1.90. The Bertz CT molecular complexity index is 233. The van der Waals surface area contributed by atoms with E-state index in [0.717, 1.165) is 17.0 Å². The average molecular weight is 136 g/mol. The SMILES string of the molecule is [CH2]c1cc(C)c(OC)cn1. The maximum Gasteiger partial charge on any atom is 0.140 e. The van der Waals surface area contributed by atoms with E-state index in [0.29, 0.717) is 0 Å². The van der Waals surface area contributed by atoms with Crippen LogP contribution in [0.25, 0.3) is 0 Å². The van der Waals surface area contributed by atoms with Crippen LogP contribution < -0.4 is 4.74 Å². The molecule has 0 aliphatic rings. The van der Waals surface area contributed by atoms with Crippen LogP contribution in [0.3, 0.4) is 0 Å². The van der Waals surface area contributed by atoms with Crippen LogP contribution >= 0.6 is 0 Å². The minimum atomic E-state index is 0.776. The first-order valence-electron chi connectivity index (χ1n) is 3.06. The first-order chi connectivity index (χ1) is 4.74. The van der Waals surface area contributed by atoms with Gasteiger partial charge < -0.3 is 4.74 Å². The zero-order valence-corrected chi connectivity index (χ0v) is 6.22. The number of pyridine rings is 1. The zero-order valence-electron chi connectivity index (χ0n) is 6.22. The third-order valence-corrected chi connectivity index (χ3v) is 1.34. The summed E-state index contributed by atoms with van der Waals surface area (Å²) in [6.07, 6.45) is 1.68. The highest BCUT2D eigenvalue weighted by Gasteiger charge is 1.96. The number of aromatic nitrogens is 1. The van der Waals surface area contributed by atoms with E-state index in [1.54, 1.807) is 13.3 Å². The van der Waals surface area contributed by atoms with Crippen molar-refractivity contribution in [3.05, 3.63) is 30.4 Å². The number of rotatable bonds is 1. The van der Waals surface area contributed by atoms with Gasteiger partial charge in [0.2, 0.25) is 0 Å². The summed E-state index contributed by atoms with van der Waals surface area (Å²) in [4.78, 5) is 3.97. The molecule has 0 atom stereocenters. The number of nitrogens with zero attached hydrogens (tertiary/aromatic N) is 1. The molecule has 2 heteroatoms. The van der Waals surface area contributed by atoms with Crippen LogP contribution in [-0.4, -0.2) is 12.1 Å². The molecule has 1 rings (SSSR count). The van der Waals surface area contributed by atoms with Gasteiger partial charge in [-0.05, 0) is 25.5 Å². The fourth-order valence-corrected chi connectivity index (χ4v) is 0.815. The van der Waals surface area contributed by atoms with Gasteiger partial charge in [0.1, 0.15) is 5.75 Å². The van der Waals surface area contributed by atoms with Crippen molar-refractivity contribution < 1.29 is 4.74 Å². The minimum absolute atomic E-state index is 0.776. The van der Waals surface area contributed by atoms with E-state index in [-0.39, 0.29) is 0 Å². The molecule has 2 nitrogen and oxygen atoms in total. The van der Waals surface area contributed by atoms with E-state index < -0.39 is 0 Å². The first kappa shape index (κ1) is 7.06.